The summed E-state index contributed by atoms with van der Waals surface area (Å²) >= 11 is 5.77. The first-order valence-corrected chi connectivity index (χ1v) is 5.43. The summed E-state index contributed by atoms with van der Waals surface area (Å²) in [7, 11) is 0. The van der Waals surface area contributed by atoms with Gasteiger partial charge in [-0.25, -0.2) is 0 Å². The van der Waals surface area contributed by atoms with Gasteiger partial charge in [-0.1, -0.05) is 29.8 Å². The van der Waals surface area contributed by atoms with Crippen LogP contribution in [0, 0.1) is 0 Å². The molecule has 88 valence electrons. The maximum atomic E-state index is 9.50. The minimum atomic E-state index is 0.0398. The number of benzene rings is 2. The third-order valence-electron chi connectivity index (χ3n) is 2.27. The summed E-state index contributed by atoms with van der Waals surface area (Å²) in [6, 6.07) is 11.6. The molecule has 0 amide bonds. The monoisotopic (exact) mass is 250 g/mol. The van der Waals surface area contributed by atoms with Crippen molar-refractivity contribution in [3.63, 3.8) is 0 Å². The highest BCUT2D eigenvalue weighted by atomic mass is 35.5. The van der Waals surface area contributed by atoms with E-state index in [1.807, 2.05) is 0 Å². The zero-order chi connectivity index (χ0) is 12.3. The number of aromatic hydroxyl groups is 2. The summed E-state index contributed by atoms with van der Waals surface area (Å²) in [6.07, 6.45) is 0. The van der Waals surface area contributed by atoms with E-state index in [-0.39, 0.29) is 23.1 Å². The molecular weight excluding hydrogens is 240 g/mol. The largest absolute Gasteiger partial charge is 0.506 e. The van der Waals surface area contributed by atoms with E-state index in [1.165, 1.54) is 6.07 Å². The summed E-state index contributed by atoms with van der Waals surface area (Å²) in [5.74, 6) is 0.548. The molecule has 0 spiro atoms. The van der Waals surface area contributed by atoms with Crippen LogP contribution in [-0.4, -0.2) is 10.2 Å². The lowest BCUT2D eigenvalue weighted by Crippen LogP contribution is -1.95. The van der Waals surface area contributed by atoms with E-state index >= 15 is 0 Å². The maximum Gasteiger partial charge on any atom is 0.161 e. The molecular formula is C13H11ClO3. The molecule has 0 saturated heterocycles. The molecule has 0 atom stereocenters. The van der Waals surface area contributed by atoms with Gasteiger partial charge in [0.25, 0.3) is 0 Å². The van der Waals surface area contributed by atoms with Crippen LogP contribution in [0.2, 0.25) is 5.02 Å². The first kappa shape index (κ1) is 11.6. The molecule has 17 heavy (non-hydrogen) atoms. The predicted octanol–water partition coefficient (Wildman–Crippen LogP) is 3.33. The minimum absolute atomic E-state index is 0.0398. The lowest BCUT2D eigenvalue weighted by atomic mass is 10.2. The molecule has 0 aromatic heterocycles. The fourth-order valence-electron chi connectivity index (χ4n) is 1.38. The number of phenolic OH excluding ortho intramolecular Hbond substituents is 2. The van der Waals surface area contributed by atoms with Crippen molar-refractivity contribution >= 4 is 11.6 Å². The van der Waals surface area contributed by atoms with Gasteiger partial charge in [-0.15, -0.1) is 0 Å². The van der Waals surface area contributed by atoms with Crippen LogP contribution >= 0.6 is 11.6 Å². The molecule has 2 rings (SSSR count). The lowest BCUT2D eigenvalue weighted by molar-refractivity contribution is 0.289. The number of hydrogen-bond donors (Lipinski definition) is 2. The Morgan fingerprint density at radius 1 is 1.00 bits per heavy atom. The second-order valence-corrected chi connectivity index (χ2v) is 3.95. The Hall–Kier alpha value is -1.87. The highest BCUT2D eigenvalue weighted by molar-refractivity contribution is 6.32. The van der Waals surface area contributed by atoms with Crippen molar-refractivity contribution in [2.75, 3.05) is 0 Å². The Balaban J connectivity index is 2.08. The fourth-order valence-corrected chi connectivity index (χ4v) is 1.58. The quantitative estimate of drug-likeness (QED) is 0.879. The second-order valence-electron chi connectivity index (χ2n) is 3.54. The van der Waals surface area contributed by atoms with E-state index in [2.05, 4.69) is 0 Å². The molecule has 4 heteroatoms. The molecule has 0 heterocycles. The van der Waals surface area contributed by atoms with E-state index < -0.39 is 0 Å². The van der Waals surface area contributed by atoms with Gasteiger partial charge in [0, 0.05) is 0 Å². The molecule has 2 N–H and O–H groups in total. The SMILES string of the molecule is Oc1ccc(COc2ccccc2O)cc1Cl. The first-order chi connectivity index (χ1) is 8.16. The van der Waals surface area contributed by atoms with Gasteiger partial charge < -0.3 is 14.9 Å². The second kappa shape index (κ2) is 4.97. The zero-order valence-corrected chi connectivity index (χ0v) is 9.69. The smallest absolute Gasteiger partial charge is 0.161 e. The summed E-state index contributed by atoms with van der Waals surface area (Å²) in [4.78, 5) is 0. The fraction of sp³-hybridized carbons (Fsp3) is 0.0769. The lowest BCUT2D eigenvalue weighted by Gasteiger charge is -2.08. The molecule has 2 aromatic rings. The molecule has 0 radical (unpaired) electrons. The summed E-state index contributed by atoms with van der Waals surface area (Å²) < 4.78 is 5.43. The van der Waals surface area contributed by atoms with Crippen molar-refractivity contribution in [1.82, 2.24) is 0 Å². The van der Waals surface area contributed by atoms with Crippen molar-refractivity contribution in [3.8, 4) is 17.2 Å². The summed E-state index contributed by atoms with van der Waals surface area (Å²) in [5.41, 5.74) is 0.816. The third-order valence-corrected chi connectivity index (χ3v) is 2.57. The topological polar surface area (TPSA) is 49.7 Å². The van der Waals surface area contributed by atoms with Gasteiger partial charge in [-0.2, -0.15) is 0 Å². The molecule has 0 aliphatic carbocycles. The van der Waals surface area contributed by atoms with E-state index in [4.69, 9.17) is 16.3 Å². The van der Waals surface area contributed by atoms with Crippen molar-refractivity contribution in [3.05, 3.63) is 53.1 Å². The number of halogens is 1. The molecule has 0 aliphatic heterocycles. The van der Waals surface area contributed by atoms with Crippen molar-refractivity contribution < 1.29 is 14.9 Å². The molecule has 2 aromatic carbocycles. The Kier molecular flexibility index (Phi) is 3.40. The van der Waals surface area contributed by atoms with Crippen LogP contribution in [0.1, 0.15) is 5.56 Å². The molecule has 0 fully saturated rings. The van der Waals surface area contributed by atoms with E-state index in [0.29, 0.717) is 5.75 Å². The van der Waals surface area contributed by atoms with E-state index in [9.17, 15) is 10.2 Å². The maximum absolute atomic E-state index is 9.50. The molecule has 3 nitrogen and oxygen atoms in total. The van der Waals surface area contributed by atoms with Crippen LogP contribution in [0.5, 0.6) is 17.2 Å². The molecule has 0 unspecified atom stereocenters. The van der Waals surface area contributed by atoms with Crippen molar-refractivity contribution in [2.45, 2.75) is 6.61 Å². The number of phenols is 2. The van der Waals surface area contributed by atoms with Gasteiger partial charge in [0.2, 0.25) is 0 Å². The highest BCUT2D eigenvalue weighted by Crippen LogP contribution is 2.27. The Bertz CT molecular complexity index is 526. The summed E-state index contributed by atoms with van der Waals surface area (Å²) in [5, 5.41) is 19.0. The van der Waals surface area contributed by atoms with Crippen LogP contribution in [0.15, 0.2) is 42.5 Å². The number of rotatable bonds is 3. The minimum Gasteiger partial charge on any atom is -0.506 e. The van der Waals surface area contributed by atoms with Crippen molar-refractivity contribution in [2.24, 2.45) is 0 Å². The molecule has 0 bridgehead atoms. The van der Waals surface area contributed by atoms with E-state index in [0.717, 1.165) is 5.56 Å². The van der Waals surface area contributed by atoms with Gasteiger partial charge >= 0.3 is 0 Å². The van der Waals surface area contributed by atoms with Gasteiger partial charge in [0.05, 0.1) is 5.02 Å². The van der Waals surface area contributed by atoms with Crippen LogP contribution in [0.4, 0.5) is 0 Å². The van der Waals surface area contributed by atoms with E-state index in [1.54, 1.807) is 36.4 Å². The predicted molar refractivity (Wildman–Crippen MR) is 65.6 cm³/mol. The average molecular weight is 251 g/mol. The normalized spacial score (nSPS) is 10.2. The zero-order valence-electron chi connectivity index (χ0n) is 8.93. The number of para-hydroxylation sites is 2. The highest BCUT2D eigenvalue weighted by Gasteiger charge is 2.03. The van der Waals surface area contributed by atoms with Crippen LogP contribution in [0.3, 0.4) is 0 Å². The van der Waals surface area contributed by atoms with Gasteiger partial charge in [0.15, 0.2) is 11.5 Å². The van der Waals surface area contributed by atoms with Gasteiger partial charge in [0.1, 0.15) is 12.4 Å². The van der Waals surface area contributed by atoms with Gasteiger partial charge in [-0.05, 0) is 29.8 Å². The Morgan fingerprint density at radius 3 is 2.47 bits per heavy atom. The number of hydrogen-bond acceptors (Lipinski definition) is 3. The van der Waals surface area contributed by atoms with Crippen LogP contribution < -0.4 is 4.74 Å². The standard InChI is InChI=1S/C13H11ClO3/c14-10-7-9(5-6-11(10)15)8-17-13-4-2-1-3-12(13)16/h1-7,15-16H,8H2. The first-order valence-electron chi connectivity index (χ1n) is 5.05. The summed E-state index contributed by atoms with van der Waals surface area (Å²) in [6.45, 7) is 0.275. The molecule has 0 aliphatic rings. The van der Waals surface area contributed by atoms with Gasteiger partial charge in [-0.3, -0.25) is 0 Å². The third kappa shape index (κ3) is 2.82. The average Bonchev–Trinajstić information content (AvgIpc) is 2.32. The molecule has 0 saturated carbocycles. The Morgan fingerprint density at radius 2 is 1.76 bits per heavy atom. The number of ether oxygens (including phenoxy) is 1. The Labute approximate surface area is 104 Å². The van der Waals surface area contributed by atoms with Crippen LogP contribution in [-0.2, 0) is 6.61 Å². The van der Waals surface area contributed by atoms with Crippen molar-refractivity contribution in [1.29, 1.82) is 0 Å². The van der Waals surface area contributed by atoms with Crippen LogP contribution in [0.25, 0.3) is 0 Å².